The third-order valence-corrected chi connectivity index (χ3v) is 8.56. The summed E-state index contributed by atoms with van der Waals surface area (Å²) in [5.74, 6) is 0.341. The molecule has 0 atom stereocenters. The second kappa shape index (κ2) is 11.9. The highest BCUT2D eigenvalue weighted by Crippen LogP contribution is 2.33. The lowest BCUT2D eigenvalue weighted by atomic mass is 10.1. The number of ketones is 1. The fourth-order valence-electron chi connectivity index (χ4n) is 4.50. The summed E-state index contributed by atoms with van der Waals surface area (Å²) >= 11 is 0. The molecule has 0 saturated heterocycles. The molecule has 0 radical (unpaired) electrons. The fraction of sp³-hybridized carbons (Fsp3) is 0.310. The fourth-order valence-corrected chi connectivity index (χ4v) is 5.96. The van der Waals surface area contributed by atoms with Gasteiger partial charge in [-0.2, -0.15) is 4.31 Å². The first-order valence-corrected chi connectivity index (χ1v) is 14.2. The highest BCUT2D eigenvalue weighted by Gasteiger charge is 2.22. The van der Waals surface area contributed by atoms with Gasteiger partial charge >= 0.3 is 5.97 Å². The van der Waals surface area contributed by atoms with Gasteiger partial charge in [-0.15, -0.1) is 0 Å². The largest absolute Gasteiger partial charge is 0.486 e. The molecule has 2 heterocycles. The zero-order valence-electron chi connectivity index (χ0n) is 22.5. The Morgan fingerprint density at radius 2 is 1.64 bits per heavy atom. The Labute approximate surface area is 228 Å². The van der Waals surface area contributed by atoms with E-state index in [0.29, 0.717) is 48.9 Å². The quantitative estimate of drug-likeness (QED) is 0.209. The Hall–Kier alpha value is -3.89. The Morgan fingerprint density at radius 1 is 0.974 bits per heavy atom. The van der Waals surface area contributed by atoms with Crippen molar-refractivity contribution >= 4 is 27.9 Å². The second-order valence-electron chi connectivity index (χ2n) is 8.97. The Kier molecular flexibility index (Phi) is 8.57. The summed E-state index contributed by atoms with van der Waals surface area (Å²) in [6, 6.07) is 13.6. The number of hydrogen-bond donors (Lipinski definition) is 0. The lowest BCUT2D eigenvalue weighted by Crippen LogP contribution is -2.30. The monoisotopic (exact) mass is 552 g/mol. The van der Waals surface area contributed by atoms with Crippen LogP contribution in [0.1, 0.15) is 41.2 Å². The van der Waals surface area contributed by atoms with Gasteiger partial charge in [0, 0.05) is 47.9 Å². The van der Waals surface area contributed by atoms with Gasteiger partial charge in [-0.25, -0.2) is 13.2 Å². The third-order valence-electron chi connectivity index (χ3n) is 6.50. The van der Waals surface area contributed by atoms with Gasteiger partial charge in [-0.05, 0) is 55.8 Å². The van der Waals surface area contributed by atoms with Crippen LogP contribution in [-0.4, -0.2) is 62.0 Å². The van der Waals surface area contributed by atoms with Crippen molar-refractivity contribution in [2.45, 2.75) is 32.6 Å². The molecular weight excluding hydrogens is 520 g/mol. The standard InChI is InChI=1S/C29H32N2O7S/c1-5-30(6-2)39(34,35)24-11-7-22(8-12-24)9-14-29(33)38-19-26(32)25-17-20(3)31(21(25)4)23-10-13-27-28(18-23)37-16-15-36-27/h7-14,17-18H,5-6,15-16,19H2,1-4H3. The zero-order chi connectivity index (χ0) is 28.2. The van der Waals surface area contributed by atoms with E-state index in [0.717, 1.165) is 17.1 Å². The van der Waals surface area contributed by atoms with Crippen LogP contribution in [-0.2, 0) is 19.6 Å². The Balaban J connectivity index is 1.39. The highest BCUT2D eigenvalue weighted by molar-refractivity contribution is 7.89. The molecule has 39 heavy (non-hydrogen) atoms. The van der Waals surface area contributed by atoms with E-state index in [2.05, 4.69) is 0 Å². The van der Waals surface area contributed by atoms with Crippen molar-refractivity contribution in [2.75, 3.05) is 32.9 Å². The van der Waals surface area contributed by atoms with Crippen molar-refractivity contribution in [2.24, 2.45) is 0 Å². The van der Waals surface area contributed by atoms with Gasteiger partial charge in [0.05, 0.1) is 4.90 Å². The van der Waals surface area contributed by atoms with Gasteiger partial charge in [0.15, 0.2) is 18.1 Å². The van der Waals surface area contributed by atoms with Crippen LogP contribution in [0.25, 0.3) is 11.8 Å². The average molecular weight is 553 g/mol. The maximum atomic E-state index is 12.9. The summed E-state index contributed by atoms with van der Waals surface area (Å²) in [7, 11) is -3.55. The Morgan fingerprint density at radius 3 is 2.31 bits per heavy atom. The van der Waals surface area contributed by atoms with Gasteiger partial charge in [-0.3, -0.25) is 4.79 Å². The van der Waals surface area contributed by atoms with Crippen LogP contribution in [0.5, 0.6) is 11.5 Å². The minimum atomic E-state index is -3.55. The molecular formula is C29H32N2O7S. The Bertz CT molecular complexity index is 1500. The van der Waals surface area contributed by atoms with Crippen molar-refractivity contribution in [1.82, 2.24) is 8.87 Å². The van der Waals surface area contributed by atoms with E-state index in [-0.39, 0.29) is 10.7 Å². The first kappa shape index (κ1) is 28.1. The predicted octanol–water partition coefficient (Wildman–Crippen LogP) is 4.34. The van der Waals surface area contributed by atoms with Gasteiger partial charge in [-0.1, -0.05) is 26.0 Å². The minimum Gasteiger partial charge on any atom is -0.486 e. The molecule has 4 rings (SSSR count). The van der Waals surface area contributed by atoms with Crippen LogP contribution < -0.4 is 9.47 Å². The lowest BCUT2D eigenvalue weighted by molar-refractivity contribution is -0.136. The number of aryl methyl sites for hydroxylation is 1. The smallest absolute Gasteiger partial charge is 0.331 e. The predicted molar refractivity (Wildman–Crippen MR) is 147 cm³/mol. The van der Waals surface area contributed by atoms with Crippen LogP contribution in [0.3, 0.4) is 0 Å². The number of esters is 1. The van der Waals surface area contributed by atoms with Crippen LogP contribution in [0, 0.1) is 13.8 Å². The van der Waals surface area contributed by atoms with E-state index in [9.17, 15) is 18.0 Å². The molecule has 0 amide bonds. The summed E-state index contributed by atoms with van der Waals surface area (Å²) in [6.07, 6.45) is 2.72. The number of ether oxygens (including phenoxy) is 3. The summed E-state index contributed by atoms with van der Waals surface area (Å²) in [6.45, 7) is 8.65. The van der Waals surface area contributed by atoms with Crippen molar-refractivity contribution in [3.8, 4) is 17.2 Å². The molecule has 0 unspecified atom stereocenters. The van der Waals surface area contributed by atoms with E-state index < -0.39 is 22.6 Å². The number of hydrogen-bond acceptors (Lipinski definition) is 7. The van der Waals surface area contributed by atoms with Crippen LogP contribution in [0.4, 0.5) is 0 Å². The zero-order valence-corrected chi connectivity index (χ0v) is 23.3. The van der Waals surface area contributed by atoms with Crippen molar-refractivity contribution in [1.29, 1.82) is 0 Å². The molecule has 1 aliphatic heterocycles. The number of fused-ring (bicyclic) bond motifs is 1. The van der Waals surface area contributed by atoms with Crippen molar-refractivity contribution in [3.63, 3.8) is 0 Å². The number of carbonyl (C=O) groups is 2. The molecule has 10 heteroatoms. The highest BCUT2D eigenvalue weighted by atomic mass is 32.2. The molecule has 206 valence electrons. The molecule has 0 N–H and O–H groups in total. The maximum Gasteiger partial charge on any atom is 0.331 e. The van der Waals surface area contributed by atoms with Crippen LogP contribution in [0.15, 0.2) is 59.5 Å². The molecule has 1 aromatic heterocycles. The number of sulfonamides is 1. The molecule has 3 aromatic rings. The molecule has 0 aliphatic carbocycles. The van der Waals surface area contributed by atoms with Crippen molar-refractivity contribution in [3.05, 3.63) is 77.1 Å². The molecule has 9 nitrogen and oxygen atoms in total. The number of carbonyl (C=O) groups excluding carboxylic acids is 2. The molecule has 0 spiro atoms. The maximum absolute atomic E-state index is 12.9. The van der Waals surface area contributed by atoms with E-state index in [1.807, 2.05) is 36.6 Å². The summed E-state index contributed by atoms with van der Waals surface area (Å²) in [4.78, 5) is 25.3. The third kappa shape index (κ3) is 6.07. The first-order chi connectivity index (χ1) is 18.6. The molecule has 0 fully saturated rings. The van der Waals surface area contributed by atoms with E-state index >= 15 is 0 Å². The number of aromatic nitrogens is 1. The average Bonchev–Trinajstić information content (AvgIpc) is 3.24. The molecule has 0 saturated carbocycles. The summed E-state index contributed by atoms with van der Waals surface area (Å²) in [5.41, 5.74) is 3.50. The van der Waals surface area contributed by atoms with Crippen molar-refractivity contribution < 1.29 is 32.2 Å². The van der Waals surface area contributed by atoms with Crippen LogP contribution in [0.2, 0.25) is 0 Å². The summed E-state index contributed by atoms with van der Waals surface area (Å²) < 4.78 is 45.0. The number of rotatable bonds is 10. The van der Waals surface area contributed by atoms with Gasteiger partial charge < -0.3 is 18.8 Å². The second-order valence-corrected chi connectivity index (χ2v) is 10.9. The number of Topliss-reactive ketones (excluding diaryl/α,β-unsaturated/α-hetero) is 1. The van der Waals surface area contributed by atoms with E-state index in [1.54, 1.807) is 32.0 Å². The van der Waals surface area contributed by atoms with Gasteiger partial charge in [0.25, 0.3) is 0 Å². The normalized spacial score (nSPS) is 13.2. The molecule has 1 aliphatic rings. The number of benzene rings is 2. The minimum absolute atomic E-state index is 0.186. The topological polar surface area (TPSA) is 104 Å². The number of nitrogens with zero attached hydrogens (tertiary/aromatic N) is 2. The molecule has 0 bridgehead atoms. The summed E-state index contributed by atoms with van der Waals surface area (Å²) in [5, 5.41) is 0. The molecule has 2 aromatic carbocycles. The van der Waals surface area contributed by atoms with E-state index in [1.165, 1.54) is 28.6 Å². The van der Waals surface area contributed by atoms with Crippen LogP contribution >= 0.6 is 0 Å². The lowest BCUT2D eigenvalue weighted by Gasteiger charge is -2.20. The SMILES string of the molecule is CCN(CC)S(=O)(=O)c1ccc(C=CC(=O)OCC(=O)c2cc(C)n(-c3ccc4c(c3)OCCO4)c2C)cc1. The van der Waals surface area contributed by atoms with E-state index in [4.69, 9.17) is 14.2 Å². The van der Waals surface area contributed by atoms with Gasteiger partial charge in [0.2, 0.25) is 15.8 Å². The first-order valence-electron chi connectivity index (χ1n) is 12.7. The van der Waals surface area contributed by atoms with Gasteiger partial charge in [0.1, 0.15) is 13.2 Å².